The van der Waals surface area contributed by atoms with E-state index in [2.05, 4.69) is 18.7 Å². The molecule has 0 aliphatic carbocycles. The van der Waals surface area contributed by atoms with Crippen molar-refractivity contribution in [2.24, 2.45) is 0 Å². The van der Waals surface area contributed by atoms with E-state index in [4.69, 9.17) is 9.47 Å². The van der Waals surface area contributed by atoms with E-state index in [0.29, 0.717) is 6.42 Å². The fourth-order valence-electron chi connectivity index (χ4n) is 2.72. The third-order valence-corrected chi connectivity index (χ3v) is 3.75. The number of benzene rings is 1. The molecule has 4 nitrogen and oxygen atoms in total. The summed E-state index contributed by atoms with van der Waals surface area (Å²) in [6, 6.07) is 7.66. The third kappa shape index (κ3) is 5.28. The van der Waals surface area contributed by atoms with E-state index < -0.39 is 0 Å². The van der Waals surface area contributed by atoms with Gasteiger partial charge in [-0.1, -0.05) is 18.2 Å². The Hall–Kier alpha value is -1.65. The summed E-state index contributed by atoms with van der Waals surface area (Å²) in [6.45, 7) is 6.76. The third-order valence-electron chi connectivity index (χ3n) is 3.75. The molecule has 2 atom stereocenters. The summed E-state index contributed by atoms with van der Waals surface area (Å²) >= 11 is 0. The zero-order valence-corrected chi connectivity index (χ0v) is 13.6. The fourth-order valence-corrected chi connectivity index (χ4v) is 2.72. The molecule has 1 fully saturated rings. The van der Waals surface area contributed by atoms with E-state index in [1.165, 1.54) is 0 Å². The van der Waals surface area contributed by atoms with Crippen molar-refractivity contribution in [1.82, 2.24) is 4.90 Å². The van der Waals surface area contributed by atoms with Crippen LogP contribution in [-0.2, 0) is 9.53 Å². The first-order chi connectivity index (χ1) is 10.6. The second-order valence-electron chi connectivity index (χ2n) is 5.84. The van der Waals surface area contributed by atoms with E-state index in [0.717, 1.165) is 30.9 Å². The number of hydrogen-bond donors (Lipinski definition) is 0. The SMILES string of the molecule is COc1ccc(C=CC(=O)CCN2CC(C)OC(C)C2)cc1. The quantitative estimate of drug-likeness (QED) is 0.758. The molecule has 1 aliphatic rings. The standard InChI is InChI=1S/C18H25NO3/c1-14-12-19(13-15(2)22-14)11-10-17(20)7-4-16-5-8-18(21-3)9-6-16/h4-9,14-15H,10-13H2,1-3H3. The average Bonchev–Trinajstić information content (AvgIpc) is 2.50. The Morgan fingerprint density at radius 3 is 2.50 bits per heavy atom. The Morgan fingerprint density at radius 2 is 1.91 bits per heavy atom. The van der Waals surface area contributed by atoms with Crippen molar-refractivity contribution in [3.63, 3.8) is 0 Å². The molecule has 0 N–H and O–H groups in total. The van der Waals surface area contributed by atoms with Crippen LogP contribution >= 0.6 is 0 Å². The number of carbonyl (C=O) groups is 1. The molecule has 0 saturated carbocycles. The summed E-state index contributed by atoms with van der Waals surface area (Å²) in [4.78, 5) is 14.3. The lowest BCUT2D eigenvalue weighted by atomic mass is 10.1. The average molecular weight is 303 g/mol. The summed E-state index contributed by atoms with van der Waals surface area (Å²) in [5.74, 6) is 0.974. The molecule has 120 valence electrons. The largest absolute Gasteiger partial charge is 0.497 e. The number of ether oxygens (including phenoxy) is 2. The molecule has 1 aromatic rings. The summed E-state index contributed by atoms with van der Waals surface area (Å²) in [7, 11) is 1.64. The fraction of sp³-hybridized carbons (Fsp3) is 0.500. The molecule has 4 heteroatoms. The topological polar surface area (TPSA) is 38.8 Å². The van der Waals surface area contributed by atoms with Gasteiger partial charge in [-0.05, 0) is 37.6 Å². The van der Waals surface area contributed by atoms with Crippen LogP contribution < -0.4 is 4.74 Å². The lowest BCUT2D eigenvalue weighted by molar-refractivity contribution is -0.116. The minimum atomic E-state index is 0.155. The van der Waals surface area contributed by atoms with E-state index in [-0.39, 0.29) is 18.0 Å². The number of rotatable bonds is 6. The van der Waals surface area contributed by atoms with E-state index in [9.17, 15) is 4.79 Å². The van der Waals surface area contributed by atoms with Crippen molar-refractivity contribution in [3.8, 4) is 5.75 Å². The maximum Gasteiger partial charge on any atom is 0.156 e. The minimum Gasteiger partial charge on any atom is -0.497 e. The minimum absolute atomic E-state index is 0.155. The van der Waals surface area contributed by atoms with Crippen LogP contribution in [0.4, 0.5) is 0 Å². The van der Waals surface area contributed by atoms with Crippen LogP contribution in [0.1, 0.15) is 25.8 Å². The molecule has 0 radical (unpaired) electrons. The molecule has 1 saturated heterocycles. The predicted molar refractivity (Wildman–Crippen MR) is 88.1 cm³/mol. The summed E-state index contributed by atoms with van der Waals surface area (Å²) in [6.07, 6.45) is 4.55. The van der Waals surface area contributed by atoms with Gasteiger partial charge >= 0.3 is 0 Å². The van der Waals surface area contributed by atoms with E-state index in [1.807, 2.05) is 30.3 Å². The Balaban J connectivity index is 1.78. The second-order valence-corrected chi connectivity index (χ2v) is 5.84. The molecule has 0 amide bonds. The zero-order chi connectivity index (χ0) is 15.9. The van der Waals surface area contributed by atoms with Crippen LogP contribution in [0, 0.1) is 0 Å². The van der Waals surface area contributed by atoms with Crippen molar-refractivity contribution in [2.45, 2.75) is 32.5 Å². The van der Waals surface area contributed by atoms with Crippen molar-refractivity contribution < 1.29 is 14.3 Å². The first kappa shape index (κ1) is 16.7. The Morgan fingerprint density at radius 1 is 1.27 bits per heavy atom. The normalized spacial score (nSPS) is 22.9. The summed E-state index contributed by atoms with van der Waals surface area (Å²) in [5.41, 5.74) is 1.00. The Bertz CT molecular complexity index is 500. The summed E-state index contributed by atoms with van der Waals surface area (Å²) < 4.78 is 10.8. The van der Waals surface area contributed by atoms with Gasteiger partial charge in [0.05, 0.1) is 19.3 Å². The van der Waals surface area contributed by atoms with Gasteiger partial charge in [0.1, 0.15) is 5.75 Å². The molecule has 0 spiro atoms. The predicted octanol–water partition coefficient (Wildman–Crippen LogP) is 2.78. The van der Waals surface area contributed by atoms with Crippen molar-refractivity contribution >= 4 is 11.9 Å². The van der Waals surface area contributed by atoms with Crippen molar-refractivity contribution in [3.05, 3.63) is 35.9 Å². The monoisotopic (exact) mass is 303 g/mol. The Kier molecular flexibility index (Phi) is 6.16. The molecule has 0 aromatic heterocycles. The number of nitrogens with zero attached hydrogens (tertiary/aromatic N) is 1. The van der Waals surface area contributed by atoms with Gasteiger partial charge < -0.3 is 9.47 Å². The molecule has 0 bridgehead atoms. The lowest BCUT2D eigenvalue weighted by Gasteiger charge is -2.35. The number of carbonyl (C=O) groups excluding carboxylic acids is 1. The van der Waals surface area contributed by atoms with Crippen LogP contribution in [0.15, 0.2) is 30.3 Å². The van der Waals surface area contributed by atoms with Crippen LogP contribution in [0.25, 0.3) is 6.08 Å². The van der Waals surface area contributed by atoms with Gasteiger partial charge in [0, 0.05) is 26.1 Å². The number of methoxy groups -OCH3 is 1. The number of hydrogen-bond acceptors (Lipinski definition) is 4. The van der Waals surface area contributed by atoms with E-state index in [1.54, 1.807) is 13.2 Å². The van der Waals surface area contributed by atoms with Gasteiger partial charge in [-0.3, -0.25) is 9.69 Å². The molecule has 1 heterocycles. The van der Waals surface area contributed by atoms with Gasteiger partial charge in [-0.25, -0.2) is 0 Å². The molecule has 2 rings (SSSR count). The smallest absolute Gasteiger partial charge is 0.156 e. The molecule has 2 unspecified atom stereocenters. The zero-order valence-electron chi connectivity index (χ0n) is 13.6. The van der Waals surface area contributed by atoms with Gasteiger partial charge in [0.15, 0.2) is 5.78 Å². The maximum absolute atomic E-state index is 12.0. The van der Waals surface area contributed by atoms with E-state index >= 15 is 0 Å². The van der Waals surface area contributed by atoms with Crippen LogP contribution in [0.3, 0.4) is 0 Å². The highest BCUT2D eigenvalue weighted by molar-refractivity contribution is 5.93. The van der Waals surface area contributed by atoms with Crippen molar-refractivity contribution in [2.75, 3.05) is 26.7 Å². The van der Waals surface area contributed by atoms with Crippen LogP contribution in [0.2, 0.25) is 0 Å². The van der Waals surface area contributed by atoms with Crippen LogP contribution in [-0.4, -0.2) is 49.6 Å². The van der Waals surface area contributed by atoms with Crippen molar-refractivity contribution in [1.29, 1.82) is 0 Å². The highest BCUT2D eigenvalue weighted by Gasteiger charge is 2.21. The summed E-state index contributed by atoms with van der Waals surface area (Å²) in [5, 5.41) is 0. The van der Waals surface area contributed by atoms with Gasteiger partial charge in [-0.2, -0.15) is 0 Å². The molecule has 1 aliphatic heterocycles. The lowest BCUT2D eigenvalue weighted by Crippen LogP contribution is -2.45. The number of ketones is 1. The second kappa shape index (κ2) is 8.11. The highest BCUT2D eigenvalue weighted by atomic mass is 16.5. The van der Waals surface area contributed by atoms with Gasteiger partial charge in [0.2, 0.25) is 0 Å². The molecule has 22 heavy (non-hydrogen) atoms. The first-order valence-corrected chi connectivity index (χ1v) is 7.79. The number of morpholine rings is 1. The highest BCUT2D eigenvalue weighted by Crippen LogP contribution is 2.13. The molecular formula is C18H25NO3. The maximum atomic E-state index is 12.0. The Labute approximate surface area is 132 Å². The van der Waals surface area contributed by atoms with Gasteiger partial charge in [-0.15, -0.1) is 0 Å². The molecule has 1 aromatic carbocycles. The van der Waals surface area contributed by atoms with Gasteiger partial charge in [0.25, 0.3) is 0 Å². The molecular weight excluding hydrogens is 278 g/mol. The number of allylic oxidation sites excluding steroid dienone is 1. The van der Waals surface area contributed by atoms with Crippen LogP contribution in [0.5, 0.6) is 5.75 Å². The first-order valence-electron chi connectivity index (χ1n) is 7.79.